The van der Waals surface area contributed by atoms with Gasteiger partial charge >= 0.3 is 0 Å². The average molecular weight is 241 g/mol. The van der Waals surface area contributed by atoms with Crippen LogP contribution in [0.1, 0.15) is 5.69 Å². The minimum Gasteiger partial charge on any atom is -0.313 e. The summed E-state index contributed by atoms with van der Waals surface area (Å²) in [5.74, 6) is 0.0977. The lowest BCUT2D eigenvalue weighted by atomic mass is 10.2. The molecule has 1 saturated heterocycles. The Hall–Kier alpha value is -0.980. The third-order valence-corrected chi connectivity index (χ3v) is 3.91. The lowest BCUT2D eigenvalue weighted by Gasteiger charge is -2.27. The van der Waals surface area contributed by atoms with Crippen LogP contribution in [0.5, 0.6) is 0 Å². The number of rotatable bonds is 5. The van der Waals surface area contributed by atoms with E-state index in [4.69, 9.17) is 0 Å². The zero-order valence-electron chi connectivity index (χ0n) is 8.89. The van der Waals surface area contributed by atoms with E-state index in [1.165, 1.54) is 0 Å². The molecule has 88 valence electrons. The van der Waals surface area contributed by atoms with Crippen LogP contribution in [0.2, 0.25) is 0 Å². The van der Waals surface area contributed by atoms with E-state index >= 15 is 0 Å². The van der Waals surface area contributed by atoms with Crippen LogP contribution < -0.4 is 10.0 Å². The molecular weight excluding hydrogens is 226 g/mol. The van der Waals surface area contributed by atoms with E-state index in [9.17, 15) is 8.42 Å². The van der Waals surface area contributed by atoms with Gasteiger partial charge in [0, 0.05) is 37.4 Å². The summed E-state index contributed by atoms with van der Waals surface area (Å²) in [6.07, 6.45) is 2.13. The van der Waals surface area contributed by atoms with Gasteiger partial charge in [-0.2, -0.15) is 0 Å². The van der Waals surface area contributed by atoms with Crippen LogP contribution in [0.25, 0.3) is 0 Å². The Labute approximate surface area is 95.3 Å². The average Bonchev–Trinajstić information content (AvgIpc) is 2.23. The Morgan fingerprint density at radius 1 is 1.44 bits per heavy atom. The van der Waals surface area contributed by atoms with Crippen LogP contribution in [0.4, 0.5) is 0 Å². The molecule has 2 rings (SSSR count). The number of nitrogens with one attached hydrogen (secondary N) is 2. The summed E-state index contributed by atoms with van der Waals surface area (Å²) in [5.41, 5.74) is 0.805. The molecule has 1 aromatic rings. The summed E-state index contributed by atoms with van der Waals surface area (Å²) in [4.78, 5) is 4.09. The van der Waals surface area contributed by atoms with Gasteiger partial charge in [0.05, 0.1) is 5.75 Å². The topological polar surface area (TPSA) is 71.1 Å². The van der Waals surface area contributed by atoms with E-state index in [1.54, 1.807) is 6.20 Å². The highest BCUT2D eigenvalue weighted by atomic mass is 32.2. The number of aromatic nitrogens is 1. The smallest absolute Gasteiger partial charge is 0.212 e. The van der Waals surface area contributed by atoms with Crippen molar-refractivity contribution in [3.05, 3.63) is 30.1 Å². The fourth-order valence-corrected chi connectivity index (χ4v) is 2.74. The summed E-state index contributed by atoms with van der Waals surface area (Å²) in [6, 6.07) is 5.57. The Morgan fingerprint density at radius 3 is 2.81 bits per heavy atom. The molecule has 1 aromatic heterocycles. The van der Waals surface area contributed by atoms with E-state index in [2.05, 4.69) is 15.0 Å². The monoisotopic (exact) mass is 241 g/mol. The zero-order valence-corrected chi connectivity index (χ0v) is 9.70. The predicted octanol–water partition coefficient (Wildman–Crippen LogP) is -0.485. The molecule has 0 radical (unpaired) electrons. The number of pyridine rings is 1. The van der Waals surface area contributed by atoms with Gasteiger partial charge in [-0.3, -0.25) is 4.98 Å². The maximum atomic E-state index is 11.6. The molecule has 6 heteroatoms. The Bertz CT molecular complexity index is 429. The van der Waals surface area contributed by atoms with Crippen molar-refractivity contribution >= 4 is 10.0 Å². The minimum absolute atomic E-state index is 0.0636. The third kappa shape index (κ3) is 3.26. The van der Waals surface area contributed by atoms with Crippen molar-refractivity contribution in [1.82, 2.24) is 15.0 Å². The second-order valence-electron chi connectivity index (χ2n) is 3.86. The highest BCUT2D eigenvalue weighted by Crippen LogP contribution is 2.00. The summed E-state index contributed by atoms with van der Waals surface area (Å²) in [6.45, 7) is 1.45. The minimum atomic E-state index is -3.17. The van der Waals surface area contributed by atoms with Crippen LogP contribution in [0.3, 0.4) is 0 Å². The first-order valence-electron chi connectivity index (χ1n) is 5.26. The van der Waals surface area contributed by atoms with Crippen LogP contribution in [-0.4, -0.2) is 38.3 Å². The second kappa shape index (κ2) is 4.90. The van der Waals surface area contributed by atoms with E-state index in [1.807, 2.05) is 18.2 Å². The third-order valence-electron chi connectivity index (χ3n) is 2.48. The molecule has 0 aliphatic carbocycles. The molecule has 0 bridgehead atoms. The molecule has 2 heterocycles. The molecule has 0 aromatic carbocycles. The SMILES string of the molecule is O=S(=O)(CCc1ccccn1)NC1CNC1. The van der Waals surface area contributed by atoms with Gasteiger partial charge in [-0.15, -0.1) is 0 Å². The Balaban J connectivity index is 1.84. The number of sulfonamides is 1. The van der Waals surface area contributed by atoms with Gasteiger partial charge in [0.1, 0.15) is 0 Å². The van der Waals surface area contributed by atoms with Crippen LogP contribution >= 0.6 is 0 Å². The largest absolute Gasteiger partial charge is 0.313 e. The van der Waals surface area contributed by atoms with Crippen molar-refractivity contribution in [2.24, 2.45) is 0 Å². The lowest BCUT2D eigenvalue weighted by molar-refractivity contribution is 0.410. The molecule has 5 nitrogen and oxygen atoms in total. The molecule has 0 saturated carbocycles. The van der Waals surface area contributed by atoms with E-state index in [0.29, 0.717) is 6.42 Å². The van der Waals surface area contributed by atoms with Crippen LogP contribution in [0, 0.1) is 0 Å². The molecule has 2 N–H and O–H groups in total. The lowest BCUT2D eigenvalue weighted by Crippen LogP contribution is -2.57. The summed E-state index contributed by atoms with van der Waals surface area (Å²) >= 11 is 0. The van der Waals surface area contributed by atoms with Gasteiger partial charge in [0.25, 0.3) is 0 Å². The van der Waals surface area contributed by atoms with Crippen LogP contribution in [0.15, 0.2) is 24.4 Å². The van der Waals surface area contributed by atoms with Gasteiger partial charge in [-0.25, -0.2) is 13.1 Å². The molecule has 1 aliphatic rings. The van der Waals surface area contributed by atoms with Crippen molar-refractivity contribution < 1.29 is 8.42 Å². The molecule has 1 fully saturated rings. The molecule has 16 heavy (non-hydrogen) atoms. The molecule has 0 amide bonds. The summed E-state index contributed by atoms with van der Waals surface area (Å²) < 4.78 is 25.9. The van der Waals surface area contributed by atoms with E-state index in [-0.39, 0.29) is 11.8 Å². The highest BCUT2D eigenvalue weighted by Gasteiger charge is 2.22. The second-order valence-corrected chi connectivity index (χ2v) is 5.74. The molecular formula is C10H15N3O2S. The van der Waals surface area contributed by atoms with Gasteiger partial charge in [-0.1, -0.05) is 6.07 Å². The van der Waals surface area contributed by atoms with Gasteiger partial charge < -0.3 is 5.32 Å². The quantitative estimate of drug-likeness (QED) is 0.730. The number of aryl methyl sites for hydroxylation is 1. The fourth-order valence-electron chi connectivity index (χ4n) is 1.47. The normalized spacial score (nSPS) is 17.0. The van der Waals surface area contributed by atoms with Crippen molar-refractivity contribution in [2.75, 3.05) is 18.8 Å². The van der Waals surface area contributed by atoms with Crippen molar-refractivity contribution in [2.45, 2.75) is 12.5 Å². The summed E-state index contributed by atoms with van der Waals surface area (Å²) in [7, 11) is -3.17. The highest BCUT2D eigenvalue weighted by molar-refractivity contribution is 7.89. The first kappa shape index (κ1) is 11.5. The molecule has 0 unspecified atom stereocenters. The molecule has 0 atom stereocenters. The molecule has 0 spiro atoms. The van der Waals surface area contributed by atoms with E-state index < -0.39 is 10.0 Å². The summed E-state index contributed by atoms with van der Waals surface area (Å²) in [5, 5.41) is 3.02. The van der Waals surface area contributed by atoms with Gasteiger partial charge in [0.15, 0.2) is 0 Å². The first-order chi connectivity index (χ1) is 7.66. The predicted molar refractivity (Wildman–Crippen MR) is 61.5 cm³/mol. The van der Waals surface area contributed by atoms with Crippen LogP contribution in [-0.2, 0) is 16.4 Å². The number of hydrogen-bond donors (Lipinski definition) is 2. The maximum Gasteiger partial charge on any atom is 0.212 e. The van der Waals surface area contributed by atoms with Gasteiger partial charge in [-0.05, 0) is 12.1 Å². The van der Waals surface area contributed by atoms with Crippen molar-refractivity contribution in [1.29, 1.82) is 0 Å². The number of nitrogens with zero attached hydrogens (tertiary/aromatic N) is 1. The number of hydrogen-bond acceptors (Lipinski definition) is 4. The van der Waals surface area contributed by atoms with Gasteiger partial charge in [0.2, 0.25) is 10.0 Å². The zero-order chi connectivity index (χ0) is 11.4. The van der Waals surface area contributed by atoms with Crippen molar-refractivity contribution in [3.8, 4) is 0 Å². The first-order valence-corrected chi connectivity index (χ1v) is 6.91. The maximum absolute atomic E-state index is 11.6. The van der Waals surface area contributed by atoms with Crippen molar-refractivity contribution in [3.63, 3.8) is 0 Å². The Morgan fingerprint density at radius 2 is 2.25 bits per heavy atom. The molecule has 1 aliphatic heterocycles. The standard InChI is InChI=1S/C10H15N3O2S/c14-16(15,13-10-7-11-8-10)6-4-9-3-1-2-5-12-9/h1-3,5,10-11,13H,4,6-8H2. The van der Waals surface area contributed by atoms with E-state index in [0.717, 1.165) is 18.8 Å². The fraction of sp³-hybridized carbons (Fsp3) is 0.500. The Kier molecular flexibility index (Phi) is 3.52.